The third-order valence-corrected chi connectivity index (χ3v) is 8.56. The first kappa shape index (κ1) is 36.5. The van der Waals surface area contributed by atoms with Gasteiger partial charge in [0.15, 0.2) is 0 Å². The zero-order valence-electron chi connectivity index (χ0n) is 27.6. The Morgan fingerprint density at radius 3 is 2.30 bits per heavy atom. The molecule has 1 aromatic heterocycles. The van der Waals surface area contributed by atoms with E-state index in [2.05, 4.69) is 20.9 Å². The monoisotopic (exact) mass is 640 g/mol. The van der Waals surface area contributed by atoms with Crippen molar-refractivity contribution in [3.63, 3.8) is 0 Å². The van der Waals surface area contributed by atoms with E-state index in [1.54, 1.807) is 6.20 Å². The van der Waals surface area contributed by atoms with Crippen molar-refractivity contribution in [3.8, 4) is 0 Å². The second-order valence-electron chi connectivity index (χ2n) is 12.8. The summed E-state index contributed by atoms with van der Waals surface area (Å²) in [4.78, 5) is 70.5. The Hall–Kier alpha value is -3.93. The van der Waals surface area contributed by atoms with Crippen molar-refractivity contribution < 1.29 is 29.1 Å². The van der Waals surface area contributed by atoms with Gasteiger partial charge in [-0.1, -0.05) is 71.6 Å². The fourth-order valence-corrected chi connectivity index (χ4v) is 5.97. The number of nitrogens with zero attached hydrogens (tertiary/aromatic N) is 1. The second kappa shape index (κ2) is 17.7. The van der Waals surface area contributed by atoms with Gasteiger partial charge in [0.2, 0.25) is 23.6 Å². The molecule has 0 unspecified atom stereocenters. The van der Waals surface area contributed by atoms with Crippen LogP contribution in [0.5, 0.6) is 0 Å². The summed E-state index contributed by atoms with van der Waals surface area (Å²) in [5.41, 5.74) is 7.69. The number of para-hydroxylation sites is 1. The standard InChI is InChI=1S/C34H52N6O6/c1-5-7-13-24(35)30(41)37-26(14-8-6-2)31(42)38-27(18-21(3)4)33(44)40-17-11-16-29(40)32(43)39-28(34(45)46)19-22-20-36-25-15-10-9-12-23(22)25/h9-10,12,15,20-21,24,26-29,36H,5-8,11,13-14,16-19,35H2,1-4H3,(H,37,41)(H,38,42)(H,39,43)(H,45,46)/t24-,26-,27-,28-,29-/m0/s1. The molecule has 1 saturated heterocycles. The summed E-state index contributed by atoms with van der Waals surface area (Å²) in [7, 11) is 0. The first-order valence-corrected chi connectivity index (χ1v) is 16.7. The summed E-state index contributed by atoms with van der Waals surface area (Å²) >= 11 is 0. The largest absolute Gasteiger partial charge is 0.480 e. The van der Waals surface area contributed by atoms with E-state index < -0.39 is 59.8 Å². The molecule has 1 fully saturated rings. The van der Waals surface area contributed by atoms with Crippen LogP contribution in [0, 0.1) is 5.92 Å². The molecule has 254 valence electrons. The Morgan fingerprint density at radius 2 is 1.63 bits per heavy atom. The quantitative estimate of drug-likeness (QED) is 0.145. The molecular formula is C34H52N6O6. The minimum atomic E-state index is -1.19. The lowest BCUT2D eigenvalue weighted by atomic mass is 10.0. The maximum atomic E-state index is 13.9. The first-order valence-electron chi connectivity index (χ1n) is 16.7. The molecule has 0 radical (unpaired) electrons. The normalized spacial score (nSPS) is 17.3. The number of H-pyrrole nitrogens is 1. The van der Waals surface area contributed by atoms with Crippen LogP contribution in [-0.2, 0) is 30.4 Å². The zero-order chi connectivity index (χ0) is 33.8. The van der Waals surface area contributed by atoms with Crippen LogP contribution in [0.2, 0.25) is 0 Å². The highest BCUT2D eigenvalue weighted by Gasteiger charge is 2.39. The molecule has 0 bridgehead atoms. The number of aliphatic carboxylic acids is 1. The van der Waals surface area contributed by atoms with Gasteiger partial charge in [0, 0.05) is 30.1 Å². The fraction of sp³-hybridized carbons (Fsp3) is 0.618. The molecule has 0 aliphatic carbocycles. The lowest BCUT2D eigenvalue weighted by Crippen LogP contribution is -2.58. The molecule has 4 amide bonds. The third kappa shape index (κ3) is 10.0. The number of hydrogen-bond acceptors (Lipinski definition) is 6. The first-order chi connectivity index (χ1) is 22.0. The van der Waals surface area contributed by atoms with E-state index in [1.807, 2.05) is 52.0 Å². The smallest absolute Gasteiger partial charge is 0.326 e. The van der Waals surface area contributed by atoms with Crippen LogP contribution in [0.3, 0.4) is 0 Å². The van der Waals surface area contributed by atoms with Crippen LogP contribution in [-0.4, -0.2) is 81.3 Å². The third-order valence-electron chi connectivity index (χ3n) is 8.56. The summed E-state index contributed by atoms with van der Waals surface area (Å²) in [5, 5.41) is 19.2. The van der Waals surface area contributed by atoms with Gasteiger partial charge in [-0.05, 0) is 49.7 Å². The topological polar surface area (TPSA) is 187 Å². The van der Waals surface area contributed by atoms with Gasteiger partial charge in [-0.2, -0.15) is 0 Å². The van der Waals surface area contributed by atoms with Crippen molar-refractivity contribution in [1.29, 1.82) is 0 Å². The Kier molecular flexibility index (Phi) is 14.0. The number of benzene rings is 1. The number of likely N-dealkylation sites (tertiary alicyclic amines) is 1. The highest BCUT2D eigenvalue weighted by Crippen LogP contribution is 2.23. The number of carboxylic acids is 1. The average Bonchev–Trinajstić information content (AvgIpc) is 3.68. The number of carbonyl (C=O) groups is 5. The van der Waals surface area contributed by atoms with E-state index >= 15 is 0 Å². The molecule has 5 atom stereocenters. The molecule has 1 aromatic carbocycles. The fourth-order valence-electron chi connectivity index (χ4n) is 5.97. The summed E-state index contributed by atoms with van der Waals surface area (Å²) in [5.74, 6) is -2.93. The second-order valence-corrected chi connectivity index (χ2v) is 12.8. The molecular weight excluding hydrogens is 588 g/mol. The number of fused-ring (bicyclic) bond motifs is 1. The van der Waals surface area contributed by atoms with Crippen molar-refractivity contribution in [2.24, 2.45) is 11.7 Å². The van der Waals surface area contributed by atoms with Gasteiger partial charge in [0.1, 0.15) is 24.2 Å². The predicted molar refractivity (Wildman–Crippen MR) is 177 cm³/mol. The van der Waals surface area contributed by atoms with Gasteiger partial charge in [0.05, 0.1) is 6.04 Å². The van der Waals surface area contributed by atoms with Crippen molar-refractivity contribution in [3.05, 3.63) is 36.0 Å². The lowest BCUT2D eigenvalue weighted by Gasteiger charge is -2.31. The zero-order valence-corrected chi connectivity index (χ0v) is 27.6. The average molecular weight is 641 g/mol. The van der Waals surface area contributed by atoms with E-state index in [0.29, 0.717) is 45.1 Å². The molecule has 2 aromatic rings. The van der Waals surface area contributed by atoms with Crippen molar-refractivity contribution >= 4 is 40.5 Å². The Balaban J connectivity index is 1.72. The van der Waals surface area contributed by atoms with Crippen molar-refractivity contribution in [1.82, 2.24) is 25.8 Å². The molecule has 7 N–H and O–H groups in total. The van der Waals surface area contributed by atoms with Crippen LogP contribution < -0.4 is 21.7 Å². The Morgan fingerprint density at radius 1 is 0.957 bits per heavy atom. The maximum Gasteiger partial charge on any atom is 0.326 e. The highest BCUT2D eigenvalue weighted by molar-refractivity contribution is 5.96. The Bertz CT molecular complexity index is 1340. The molecule has 1 aliphatic heterocycles. The number of aromatic amines is 1. The number of carbonyl (C=O) groups excluding carboxylic acids is 4. The minimum Gasteiger partial charge on any atom is -0.480 e. The van der Waals surface area contributed by atoms with Gasteiger partial charge in [-0.3, -0.25) is 19.2 Å². The van der Waals surface area contributed by atoms with Crippen LogP contribution >= 0.6 is 0 Å². The molecule has 12 nitrogen and oxygen atoms in total. The molecule has 12 heteroatoms. The summed E-state index contributed by atoms with van der Waals surface area (Å²) < 4.78 is 0. The molecule has 2 heterocycles. The summed E-state index contributed by atoms with van der Waals surface area (Å²) in [6, 6.07) is 2.98. The van der Waals surface area contributed by atoms with Crippen LogP contribution in [0.15, 0.2) is 30.5 Å². The minimum absolute atomic E-state index is 0.0443. The van der Waals surface area contributed by atoms with Gasteiger partial charge < -0.3 is 36.7 Å². The molecule has 46 heavy (non-hydrogen) atoms. The Labute approximate surface area is 271 Å². The summed E-state index contributed by atoms with van der Waals surface area (Å²) in [6.45, 7) is 8.18. The number of aromatic nitrogens is 1. The van der Waals surface area contributed by atoms with Crippen LogP contribution in [0.25, 0.3) is 10.9 Å². The van der Waals surface area contributed by atoms with Gasteiger partial charge in [0.25, 0.3) is 0 Å². The number of carboxylic acid groups (broad SMARTS) is 1. The predicted octanol–water partition coefficient (Wildman–Crippen LogP) is 2.99. The maximum absolute atomic E-state index is 13.9. The molecule has 0 spiro atoms. The number of nitrogens with one attached hydrogen (secondary N) is 4. The molecule has 0 saturated carbocycles. The van der Waals surface area contributed by atoms with E-state index in [9.17, 15) is 29.1 Å². The highest BCUT2D eigenvalue weighted by atomic mass is 16.4. The van der Waals surface area contributed by atoms with E-state index in [-0.39, 0.29) is 12.3 Å². The van der Waals surface area contributed by atoms with Crippen molar-refractivity contribution in [2.45, 2.75) is 122 Å². The summed E-state index contributed by atoms with van der Waals surface area (Å²) in [6.07, 6.45) is 7.22. The van der Waals surface area contributed by atoms with Gasteiger partial charge >= 0.3 is 5.97 Å². The van der Waals surface area contributed by atoms with Gasteiger partial charge in [-0.15, -0.1) is 0 Å². The number of unbranched alkanes of at least 4 members (excludes halogenated alkanes) is 2. The number of amides is 4. The van der Waals surface area contributed by atoms with Crippen LogP contribution in [0.1, 0.15) is 91.0 Å². The van der Waals surface area contributed by atoms with E-state index in [4.69, 9.17) is 5.73 Å². The van der Waals surface area contributed by atoms with E-state index in [1.165, 1.54) is 4.90 Å². The lowest BCUT2D eigenvalue weighted by molar-refractivity contribution is -0.145. The SMILES string of the molecule is CCCC[C@H](NC(=O)[C@@H](N)CCCC)C(=O)N[C@@H](CC(C)C)C(=O)N1CCC[C@H]1C(=O)N[C@@H](Cc1c[nH]c2ccccc12)C(=O)O. The van der Waals surface area contributed by atoms with Gasteiger partial charge in [-0.25, -0.2) is 4.79 Å². The molecule has 1 aliphatic rings. The number of hydrogen-bond donors (Lipinski definition) is 6. The number of nitrogens with two attached hydrogens (primary N) is 1. The number of rotatable bonds is 18. The molecule has 3 rings (SSSR count). The van der Waals surface area contributed by atoms with Crippen LogP contribution in [0.4, 0.5) is 0 Å². The van der Waals surface area contributed by atoms with Crippen molar-refractivity contribution in [2.75, 3.05) is 6.54 Å². The van der Waals surface area contributed by atoms with E-state index in [0.717, 1.165) is 35.7 Å².